The molecule has 0 saturated heterocycles. The first-order valence-corrected chi connectivity index (χ1v) is 3.24. The van der Waals surface area contributed by atoms with Gasteiger partial charge in [-0.1, -0.05) is 6.58 Å². The second-order valence-electron chi connectivity index (χ2n) is 2.39. The molecule has 0 radical (unpaired) electrons. The molecule has 0 unspecified atom stereocenters. The molecule has 1 aromatic heterocycles. The van der Waals surface area contributed by atoms with Crippen molar-refractivity contribution in [3.63, 3.8) is 0 Å². The average molecular weight is 176 g/mol. The second-order valence-corrected chi connectivity index (χ2v) is 2.39. The fourth-order valence-electron chi connectivity index (χ4n) is 0.736. The van der Waals surface area contributed by atoms with E-state index in [0.29, 0.717) is 5.76 Å². The topological polar surface area (TPSA) is 13.1 Å². The van der Waals surface area contributed by atoms with E-state index in [4.69, 9.17) is 4.42 Å². The smallest absolute Gasteiger partial charge is 0.419 e. The van der Waals surface area contributed by atoms with Gasteiger partial charge >= 0.3 is 6.18 Å². The Morgan fingerprint density at radius 2 is 2.00 bits per heavy atom. The van der Waals surface area contributed by atoms with Crippen LogP contribution in [-0.4, -0.2) is 6.18 Å². The summed E-state index contributed by atoms with van der Waals surface area (Å²) in [4.78, 5) is 0. The third kappa shape index (κ3) is 1.69. The van der Waals surface area contributed by atoms with Crippen molar-refractivity contribution in [1.82, 2.24) is 0 Å². The van der Waals surface area contributed by atoms with E-state index in [1.54, 1.807) is 6.92 Å². The molecular formula is C8H7F3O. The van der Waals surface area contributed by atoms with Crippen LogP contribution in [0.5, 0.6) is 0 Å². The summed E-state index contributed by atoms with van der Waals surface area (Å²) in [5, 5.41) is 0. The zero-order valence-corrected chi connectivity index (χ0v) is 6.40. The highest BCUT2D eigenvalue weighted by Gasteiger charge is 2.34. The second kappa shape index (κ2) is 2.69. The Bertz CT molecular complexity index is 295. The van der Waals surface area contributed by atoms with Gasteiger partial charge in [0.1, 0.15) is 11.5 Å². The maximum atomic E-state index is 12.0. The van der Waals surface area contributed by atoms with Gasteiger partial charge in [-0.05, 0) is 19.1 Å². The van der Waals surface area contributed by atoms with Gasteiger partial charge in [0, 0.05) is 0 Å². The lowest BCUT2D eigenvalue weighted by Gasteiger charge is -2.05. The Kier molecular flexibility index (Phi) is 2.00. The number of hydrogen-bond acceptors (Lipinski definition) is 1. The molecular weight excluding hydrogens is 169 g/mol. The van der Waals surface area contributed by atoms with Crippen molar-refractivity contribution in [3.05, 3.63) is 30.2 Å². The highest BCUT2D eigenvalue weighted by atomic mass is 19.4. The summed E-state index contributed by atoms with van der Waals surface area (Å²) in [5.74, 6) is 0.218. The predicted molar refractivity (Wildman–Crippen MR) is 38.5 cm³/mol. The van der Waals surface area contributed by atoms with E-state index in [1.807, 2.05) is 0 Å². The number of hydrogen-bond donors (Lipinski definition) is 0. The van der Waals surface area contributed by atoms with Crippen molar-refractivity contribution in [2.75, 3.05) is 0 Å². The van der Waals surface area contributed by atoms with Gasteiger partial charge in [-0.25, -0.2) is 0 Å². The van der Waals surface area contributed by atoms with Gasteiger partial charge in [0.2, 0.25) is 0 Å². The first kappa shape index (κ1) is 8.90. The summed E-state index contributed by atoms with van der Waals surface area (Å²) < 4.78 is 40.7. The van der Waals surface area contributed by atoms with Crippen LogP contribution in [0, 0.1) is 6.92 Å². The summed E-state index contributed by atoms with van der Waals surface area (Å²) in [7, 11) is 0. The van der Waals surface area contributed by atoms with E-state index in [9.17, 15) is 13.2 Å². The predicted octanol–water partition coefficient (Wildman–Crippen LogP) is 3.16. The molecule has 0 fully saturated rings. The Labute approximate surface area is 67.5 Å². The summed E-state index contributed by atoms with van der Waals surface area (Å²) in [5.41, 5.74) is -0.949. The molecule has 66 valence electrons. The van der Waals surface area contributed by atoms with Crippen LogP contribution in [0.15, 0.2) is 23.1 Å². The number of furan rings is 1. The molecule has 0 bridgehead atoms. The third-order valence-corrected chi connectivity index (χ3v) is 1.38. The SMILES string of the molecule is C=C(c1ccc(C)o1)C(F)(F)F. The van der Waals surface area contributed by atoms with Gasteiger partial charge < -0.3 is 4.42 Å². The van der Waals surface area contributed by atoms with Crippen LogP contribution in [0.25, 0.3) is 5.57 Å². The van der Waals surface area contributed by atoms with Gasteiger partial charge in [0.05, 0.1) is 5.57 Å². The minimum absolute atomic E-state index is 0.222. The highest BCUT2D eigenvalue weighted by molar-refractivity contribution is 5.63. The fourth-order valence-corrected chi connectivity index (χ4v) is 0.736. The summed E-state index contributed by atoms with van der Waals surface area (Å²) >= 11 is 0. The zero-order chi connectivity index (χ0) is 9.35. The largest absolute Gasteiger partial charge is 0.461 e. The van der Waals surface area contributed by atoms with Gasteiger partial charge in [-0.2, -0.15) is 13.2 Å². The van der Waals surface area contributed by atoms with Crippen LogP contribution in [0.4, 0.5) is 13.2 Å². The average Bonchev–Trinajstić information content (AvgIpc) is 2.32. The van der Waals surface area contributed by atoms with Crippen LogP contribution in [0.2, 0.25) is 0 Å². The molecule has 1 aromatic rings. The van der Waals surface area contributed by atoms with E-state index in [-0.39, 0.29) is 5.76 Å². The van der Waals surface area contributed by atoms with E-state index >= 15 is 0 Å². The van der Waals surface area contributed by atoms with E-state index in [2.05, 4.69) is 6.58 Å². The van der Waals surface area contributed by atoms with Gasteiger partial charge in [-0.15, -0.1) is 0 Å². The van der Waals surface area contributed by atoms with Crippen molar-refractivity contribution < 1.29 is 17.6 Å². The van der Waals surface area contributed by atoms with Crippen molar-refractivity contribution in [3.8, 4) is 0 Å². The number of rotatable bonds is 1. The standard InChI is InChI=1S/C8H7F3O/c1-5-3-4-7(12-5)6(2)8(9,10)11/h3-4H,2H2,1H3. The molecule has 1 nitrogen and oxygen atoms in total. The van der Waals surface area contributed by atoms with Crippen LogP contribution in [0.3, 0.4) is 0 Å². The molecule has 0 amide bonds. The Morgan fingerprint density at radius 3 is 2.33 bits per heavy atom. The van der Waals surface area contributed by atoms with E-state index in [0.717, 1.165) is 0 Å². The molecule has 0 saturated carbocycles. The maximum Gasteiger partial charge on any atom is 0.419 e. The molecule has 0 atom stereocenters. The fraction of sp³-hybridized carbons (Fsp3) is 0.250. The maximum absolute atomic E-state index is 12.0. The molecule has 0 N–H and O–H groups in total. The van der Waals surface area contributed by atoms with Gasteiger partial charge in [-0.3, -0.25) is 0 Å². The van der Waals surface area contributed by atoms with Crippen LogP contribution in [-0.2, 0) is 0 Å². The molecule has 1 heterocycles. The lowest BCUT2D eigenvalue weighted by Crippen LogP contribution is -2.08. The van der Waals surface area contributed by atoms with Crippen LogP contribution in [0.1, 0.15) is 11.5 Å². The lowest BCUT2D eigenvalue weighted by molar-refractivity contribution is -0.0697. The van der Waals surface area contributed by atoms with Crippen LogP contribution >= 0.6 is 0 Å². The van der Waals surface area contributed by atoms with Crippen molar-refractivity contribution in [2.45, 2.75) is 13.1 Å². The molecule has 0 aliphatic carbocycles. The first-order valence-electron chi connectivity index (χ1n) is 3.24. The molecule has 12 heavy (non-hydrogen) atoms. The van der Waals surface area contributed by atoms with E-state index in [1.165, 1.54) is 12.1 Å². The van der Waals surface area contributed by atoms with Gasteiger partial charge in [0.15, 0.2) is 0 Å². The number of halogens is 3. The monoisotopic (exact) mass is 176 g/mol. The molecule has 4 heteroatoms. The van der Waals surface area contributed by atoms with Gasteiger partial charge in [0.25, 0.3) is 0 Å². The Morgan fingerprint density at radius 1 is 1.42 bits per heavy atom. The Balaban J connectivity index is 2.93. The Hall–Kier alpha value is -1.19. The van der Waals surface area contributed by atoms with E-state index < -0.39 is 11.7 Å². The normalized spacial score (nSPS) is 11.7. The third-order valence-electron chi connectivity index (χ3n) is 1.38. The molecule has 0 aromatic carbocycles. The van der Waals surface area contributed by atoms with Crippen LogP contribution < -0.4 is 0 Å². The van der Waals surface area contributed by atoms with Crippen molar-refractivity contribution >= 4 is 5.57 Å². The number of alkyl halides is 3. The summed E-state index contributed by atoms with van der Waals surface area (Å²) in [6, 6.07) is 2.72. The highest BCUT2D eigenvalue weighted by Crippen LogP contribution is 2.32. The first-order chi connectivity index (χ1) is 5.41. The summed E-state index contributed by atoms with van der Waals surface area (Å²) in [6.07, 6.45) is -4.41. The quantitative estimate of drug-likeness (QED) is 0.640. The zero-order valence-electron chi connectivity index (χ0n) is 6.40. The number of allylic oxidation sites excluding steroid dienone is 1. The van der Waals surface area contributed by atoms with Crippen molar-refractivity contribution in [1.29, 1.82) is 0 Å². The minimum atomic E-state index is -4.41. The molecule has 0 spiro atoms. The molecule has 0 aliphatic rings. The summed E-state index contributed by atoms with van der Waals surface area (Å²) in [6.45, 7) is 4.47. The van der Waals surface area contributed by atoms with Crippen molar-refractivity contribution in [2.24, 2.45) is 0 Å². The minimum Gasteiger partial charge on any atom is -0.461 e. The molecule has 1 rings (SSSR count). The molecule has 0 aliphatic heterocycles. The lowest BCUT2D eigenvalue weighted by atomic mass is 10.2. The number of aryl methyl sites for hydroxylation is 1.